The lowest BCUT2D eigenvalue weighted by Crippen LogP contribution is -2.57. The summed E-state index contributed by atoms with van der Waals surface area (Å²) in [6, 6.07) is 4.86. The van der Waals surface area contributed by atoms with E-state index in [-0.39, 0.29) is 17.4 Å². The van der Waals surface area contributed by atoms with E-state index in [1.165, 1.54) is 63.5 Å². The fraction of sp³-hybridized carbons (Fsp3) is 0.767. The van der Waals surface area contributed by atoms with Gasteiger partial charge in [-0.2, -0.15) is 13.2 Å². The third-order valence-corrected chi connectivity index (χ3v) is 12.1. The quantitative estimate of drug-likeness (QED) is 0.361. The van der Waals surface area contributed by atoms with Gasteiger partial charge in [-0.3, -0.25) is 9.52 Å². The Morgan fingerprint density at radius 3 is 2.49 bits per heavy atom. The molecule has 206 valence electrons. The zero-order chi connectivity index (χ0) is 26.4. The van der Waals surface area contributed by atoms with E-state index < -0.39 is 11.7 Å². The number of hydrogen-bond acceptors (Lipinski definition) is 3. The molecule has 5 rings (SSSR count). The molecule has 0 aromatic heterocycles. The van der Waals surface area contributed by atoms with Crippen molar-refractivity contribution in [2.75, 3.05) is 0 Å². The van der Waals surface area contributed by atoms with E-state index in [4.69, 9.17) is 0 Å². The Morgan fingerprint density at radius 2 is 1.76 bits per heavy atom. The first-order chi connectivity index (χ1) is 17.5. The van der Waals surface area contributed by atoms with Gasteiger partial charge in [0.15, 0.2) is 0 Å². The molecule has 4 aliphatic carbocycles. The Morgan fingerprint density at radius 1 is 1.03 bits per heavy atom. The maximum atomic E-state index is 12.7. The molecule has 4 aliphatic rings. The van der Waals surface area contributed by atoms with Crippen LogP contribution in [-0.4, -0.2) is 17.1 Å². The number of alkyl halides is 3. The Labute approximate surface area is 223 Å². The Bertz CT molecular complexity index is 969. The molecular formula is C30H42F3NO2S. The lowest BCUT2D eigenvalue weighted by molar-refractivity contribution is -0.162. The first-order valence-electron chi connectivity index (χ1n) is 14.3. The van der Waals surface area contributed by atoms with Crippen LogP contribution in [0.2, 0.25) is 0 Å². The summed E-state index contributed by atoms with van der Waals surface area (Å²) in [6.07, 6.45) is 8.93. The molecule has 0 heterocycles. The molecule has 1 aromatic rings. The SMILES string of the molecule is CC12CCC3C(C(O)CC4CCCCC43C)C1CCC2CCCC(=O)NSc1ccc(C(F)(F)F)cc1. The standard InChI is InChI=1S/C30H42F3NO2S/c1-28-16-4-3-6-21(28)18-25(35)27-23-14-11-19(29(23,2)17-15-24(27)28)7-5-8-26(36)34-37-22-12-9-20(10-13-22)30(31,32)33/h9-10,12-13,19,21,23-25,27,35H,3-8,11,14-18H2,1-2H3,(H,34,36). The monoisotopic (exact) mass is 537 g/mol. The number of aliphatic hydroxyl groups is 1. The summed E-state index contributed by atoms with van der Waals surface area (Å²) in [5.74, 6) is 2.90. The number of hydrogen-bond donors (Lipinski definition) is 2. The van der Waals surface area contributed by atoms with Crippen molar-refractivity contribution >= 4 is 17.9 Å². The van der Waals surface area contributed by atoms with Crippen LogP contribution in [0.4, 0.5) is 13.2 Å². The van der Waals surface area contributed by atoms with Gasteiger partial charge in [-0.25, -0.2) is 0 Å². The molecule has 3 nitrogen and oxygen atoms in total. The number of amides is 1. The lowest BCUT2D eigenvalue weighted by Gasteiger charge is -2.62. The number of carbonyl (C=O) groups excluding carboxylic acids is 1. The maximum Gasteiger partial charge on any atom is 0.416 e. The summed E-state index contributed by atoms with van der Waals surface area (Å²) in [7, 11) is 0. The summed E-state index contributed by atoms with van der Waals surface area (Å²) < 4.78 is 41.0. The van der Waals surface area contributed by atoms with Crippen molar-refractivity contribution in [3.63, 3.8) is 0 Å². The van der Waals surface area contributed by atoms with E-state index in [1.807, 2.05) is 0 Å². The predicted molar refractivity (Wildman–Crippen MR) is 141 cm³/mol. The van der Waals surface area contributed by atoms with Crippen LogP contribution in [-0.2, 0) is 11.0 Å². The fourth-order valence-corrected chi connectivity index (χ4v) is 9.83. The van der Waals surface area contributed by atoms with Crippen LogP contribution in [0.15, 0.2) is 29.2 Å². The van der Waals surface area contributed by atoms with Gasteiger partial charge in [0.2, 0.25) is 5.91 Å². The van der Waals surface area contributed by atoms with Gasteiger partial charge >= 0.3 is 6.18 Å². The van der Waals surface area contributed by atoms with Crippen molar-refractivity contribution in [1.29, 1.82) is 0 Å². The minimum atomic E-state index is -4.35. The number of fused-ring (bicyclic) bond motifs is 5. The van der Waals surface area contributed by atoms with Gasteiger partial charge in [0.05, 0.1) is 11.7 Å². The van der Waals surface area contributed by atoms with E-state index in [2.05, 4.69) is 18.6 Å². The van der Waals surface area contributed by atoms with Crippen molar-refractivity contribution in [2.24, 2.45) is 40.4 Å². The highest BCUT2D eigenvalue weighted by Gasteiger charge is 2.61. The van der Waals surface area contributed by atoms with Gasteiger partial charge in [-0.15, -0.1) is 0 Å². The second-order valence-electron chi connectivity index (χ2n) is 12.9. The summed E-state index contributed by atoms with van der Waals surface area (Å²) in [4.78, 5) is 13.0. The van der Waals surface area contributed by atoms with Crippen LogP contribution >= 0.6 is 11.9 Å². The number of rotatable bonds is 6. The summed E-state index contributed by atoms with van der Waals surface area (Å²) in [5, 5.41) is 11.4. The van der Waals surface area contributed by atoms with Gasteiger partial charge in [-0.05, 0) is 134 Å². The average Bonchev–Trinajstić information content (AvgIpc) is 3.19. The van der Waals surface area contributed by atoms with Crippen LogP contribution in [0.3, 0.4) is 0 Å². The molecule has 2 N–H and O–H groups in total. The van der Waals surface area contributed by atoms with E-state index in [0.29, 0.717) is 46.3 Å². The van der Waals surface area contributed by atoms with Crippen LogP contribution in [0, 0.1) is 40.4 Å². The molecule has 1 amide bonds. The number of carbonyl (C=O) groups is 1. The van der Waals surface area contributed by atoms with E-state index in [1.54, 1.807) is 0 Å². The first-order valence-corrected chi connectivity index (χ1v) is 15.1. The molecule has 7 heteroatoms. The van der Waals surface area contributed by atoms with Crippen LogP contribution in [0.25, 0.3) is 0 Å². The smallest absolute Gasteiger partial charge is 0.393 e. The van der Waals surface area contributed by atoms with Gasteiger partial charge in [-0.1, -0.05) is 26.7 Å². The summed E-state index contributed by atoms with van der Waals surface area (Å²) in [5.41, 5.74) is -0.0236. The van der Waals surface area contributed by atoms with Crippen LogP contribution in [0.1, 0.15) is 96.5 Å². The molecule has 0 saturated heterocycles. The Kier molecular flexibility index (Phi) is 7.69. The third-order valence-electron chi connectivity index (χ3n) is 11.2. The minimum Gasteiger partial charge on any atom is -0.393 e. The molecule has 37 heavy (non-hydrogen) atoms. The van der Waals surface area contributed by atoms with Gasteiger partial charge in [0.25, 0.3) is 0 Å². The highest BCUT2D eigenvalue weighted by molar-refractivity contribution is 7.98. The van der Waals surface area contributed by atoms with Crippen molar-refractivity contribution in [3.8, 4) is 0 Å². The number of aliphatic hydroxyl groups excluding tert-OH is 1. The highest BCUT2D eigenvalue weighted by Crippen LogP contribution is 2.67. The van der Waals surface area contributed by atoms with Crippen LogP contribution in [0.5, 0.6) is 0 Å². The molecule has 1 aromatic carbocycles. The van der Waals surface area contributed by atoms with Crippen molar-refractivity contribution in [3.05, 3.63) is 29.8 Å². The maximum absolute atomic E-state index is 12.7. The fourth-order valence-electron chi connectivity index (χ4n) is 9.23. The van der Waals surface area contributed by atoms with Gasteiger partial charge in [0.1, 0.15) is 0 Å². The zero-order valence-electron chi connectivity index (χ0n) is 22.2. The third kappa shape index (κ3) is 5.20. The van der Waals surface area contributed by atoms with Crippen molar-refractivity contribution < 1.29 is 23.1 Å². The predicted octanol–water partition coefficient (Wildman–Crippen LogP) is 8.02. The van der Waals surface area contributed by atoms with Crippen molar-refractivity contribution in [1.82, 2.24) is 4.72 Å². The molecule has 4 saturated carbocycles. The van der Waals surface area contributed by atoms with E-state index in [9.17, 15) is 23.1 Å². The molecule has 0 radical (unpaired) electrons. The molecule has 4 fully saturated rings. The molecule has 0 bridgehead atoms. The second-order valence-corrected chi connectivity index (χ2v) is 13.8. The molecule has 8 atom stereocenters. The number of benzene rings is 1. The molecular weight excluding hydrogens is 495 g/mol. The lowest BCUT2D eigenvalue weighted by atomic mass is 9.44. The summed E-state index contributed by atoms with van der Waals surface area (Å²) >= 11 is 1.07. The van der Waals surface area contributed by atoms with Crippen molar-refractivity contribution in [2.45, 2.75) is 108 Å². The zero-order valence-corrected chi connectivity index (χ0v) is 23.0. The molecule has 0 aliphatic heterocycles. The molecule has 8 unspecified atom stereocenters. The largest absolute Gasteiger partial charge is 0.416 e. The van der Waals surface area contributed by atoms with Crippen LogP contribution < -0.4 is 4.72 Å². The van der Waals surface area contributed by atoms with E-state index in [0.717, 1.165) is 43.3 Å². The Hall–Kier alpha value is -1.21. The van der Waals surface area contributed by atoms with E-state index >= 15 is 0 Å². The first kappa shape index (κ1) is 27.4. The van der Waals surface area contributed by atoms with Gasteiger partial charge < -0.3 is 5.11 Å². The minimum absolute atomic E-state index is 0.0766. The summed E-state index contributed by atoms with van der Waals surface area (Å²) in [6.45, 7) is 5.00. The molecule has 0 spiro atoms. The Balaban J connectivity index is 1.13. The second kappa shape index (κ2) is 10.4. The number of nitrogens with one attached hydrogen (secondary N) is 1. The number of halogens is 3. The highest BCUT2D eigenvalue weighted by atomic mass is 32.2. The van der Waals surface area contributed by atoms with Gasteiger partial charge in [0, 0.05) is 11.3 Å². The average molecular weight is 538 g/mol. The topological polar surface area (TPSA) is 49.3 Å². The normalized spacial score (nSPS) is 39.4.